The number of sulfonamides is 1. The quantitative estimate of drug-likeness (QED) is 0.694. The van der Waals surface area contributed by atoms with Crippen LogP contribution in [0, 0.1) is 5.82 Å². The third kappa shape index (κ3) is 2.99. The average molecular weight is 379 g/mol. The predicted octanol–water partition coefficient (Wildman–Crippen LogP) is 3.46. The molecule has 130 valence electrons. The molecular weight excluding hydrogens is 365 g/mol. The first-order valence-corrected chi connectivity index (χ1v) is 10.1. The van der Waals surface area contributed by atoms with Crippen LogP contribution in [0.25, 0.3) is 11.5 Å². The average Bonchev–Trinajstić information content (AvgIpc) is 3.33. The van der Waals surface area contributed by atoms with Gasteiger partial charge >= 0.3 is 0 Å². The fourth-order valence-corrected chi connectivity index (χ4v) is 5.22. The van der Waals surface area contributed by atoms with E-state index in [0.717, 1.165) is 11.6 Å². The Morgan fingerprint density at radius 3 is 2.92 bits per heavy atom. The van der Waals surface area contributed by atoms with Crippen LogP contribution in [0.15, 0.2) is 50.4 Å². The first-order valence-electron chi connectivity index (χ1n) is 7.69. The van der Waals surface area contributed by atoms with Crippen LogP contribution in [0.3, 0.4) is 0 Å². The number of hydrogen-bond acceptors (Lipinski definition) is 6. The summed E-state index contributed by atoms with van der Waals surface area (Å²) in [5.41, 5.74) is 0.807. The maximum atomic E-state index is 13.4. The lowest BCUT2D eigenvalue weighted by Gasteiger charge is -2.21. The van der Waals surface area contributed by atoms with Crippen LogP contribution in [-0.4, -0.2) is 29.5 Å². The van der Waals surface area contributed by atoms with Gasteiger partial charge in [-0.1, -0.05) is 6.07 Å². The molecule has 0 aliphatic carbocycles. The van der Waals surface area contributed by atoms with Gasteiger partial charge in [-0.25, -0.2) is 12.8 Å². The SMILES string of the molecule is O=S(=O)(c1cccc(F)c1)N1CCCC1c1nnc(-c2ccsc2)o1. The van der Waals surface area contributed by atoms with Gasteiger partial charge in [-0.2, -0.15) is 15.6 Å². The fraction of sp³-hybridized carbons (Fsp3) is 0.250. The maximum absolute atomic E-state index is 13.4. The topological polar surface area (TPSA) is 76.3 Å². The maximum Gasteiger partial charge on any atom is 0.248 e. The third-order valence-corrected chi connectivity index (χ3v) is 6.69. The Bertz CT molecular complexity index is 986. The number of halogens is 1. The Hall–Kier alpha value is -2.10. The lowest BCUT2D eigenvalue weighted by molar-refractivity contribution is 0.332. The number of thiophene rings is 1. The van der Waals surface area contributed by atoms with Gasteiger partial charge in [0.2, 0.25) is 21.8 Å². The molecule has 1 saturated heterocycles. The van der Waals surface area contributed by atoms with Crippen LogP contribution in [0.2, 0.25) is 0 Å². The molecule has 1 fully saturated rings. The van der Waals surface area contributed by atoms with Gasteiger partial charge in [0.05, 0.1) is 4.90 Å². The number of hydrogen-bond donors (Lipinski definition) is 0. The predicted molar refractivity (Wildman–Crippen MR) is 89.9 cm³/mol. The molecular formula is C16H14FN3O3S2. The normalized spacial score (nSPS) is 18.7. The summed E-state index contributed by atoms with van der Waals surface area (Å²) in [5.74, 6) is 0.0410. The summed E-state index contributed by atoms with van der Waals surface area (Å²) in [5, 5.41) is 11.8. The molecule has 1 unspecified atom stereocenters. The van der Waals surface area contributed by atoms with E-state index in [1.165, 1.54) is 33.8 Å². The van der Waals surface area contributed by atoms with Crippen LogP contribution < -0.4 is 0 Å². The minimum absolute atomic E-state index is 0.0722. The second kappa shape index (κ2) is 6.32. The van der Waals surface area contributed by atoms with Crippen LogP contribution >= 0.6 is 11.3 Å². The lowest BCUT2D eigenvalue weighted by Crippen LogP contribution is -2.31. The molecule has 1 aliphatic rings. The van der Waals surface area contributed by atoms with E-state index in [-0.39, 0.29) is 10.8 Å². The van der Waals surface area contributed by atoms with Crippen molar-refractivity contribution >= 4 is 21.4 Å². The summed E-state index contributed by atoms with van der Waals surface area (Å²) in [7, 11) is -3.84. The molecule has 0 bridgehead atoms. The van der Waals surface area contributed by atoms with Crippen LogP contribution in [-0.2, 0) is 10.0 Å². The van der Waals surface area contributed by atoms with Gasteiger partial charge in [0.1, 0.15) is 11.9 Å². The molecule has 0 radical (unpaired) electrons. The van der Waals surface area contributed by atoms with Crippen molar-refractivity contribution in [2.24, 2.45) is 0 Å². The highest BCUT2D eigenvalue weighted by molar-refractivity contribution is 7.89. The van der Waals surface area contributed by atoms with E-state index in [9.17, 15) is 12.8 Å². The summed E-state index contributed by atoms with van der Waals surface area (Å²) >= 11 is 1.51. The second-order valence-corrected chi connectivity index (χ2v) is 8.36. The Balaban J connectivity index is 1.67. The fourth-order valence-electron chi connectivity index (χ4n) is 2.91. The molecule has 0 N–H and O–H groups in total. The Morgan fingerprint density at radius 1 is 1.28 bits per heavy atom. The Labute approximate surface area is 148 Å². The van der Waals surface area contributed by atoms with Crippen LogP contribution in [0.5, 0.6) is 0 Å². The number of benzene rings is 1. The molecule has 6 nitrogen and oxygen atoms in total. The van der Waals surface area contributed by atoms with Crippen molar-refractivity contribution in [1.29, 1.82) is 0 Å². The van der Waals surface area contributed by atoms with E-state index in [4.69, 9.17) is 4.42 Å². The van der Waals surface area contributed by atoms with Crippen molar-refractivity contribution in [3.63, 3.8) is 0 Å². The van der Waals surface area contributed by atoms with Crippen molar-refractivity contribution in [3.05, 3.63) is 52.8 Å². The molecule has 1 aliphatic heterocycles. The highest BCUT2D eigenvalue weighted by Crippen LogP contribution is 2.37. The van der Waals surface area contributed by atoms with E-state index in [1.807, 2.05) is 16.8 Å². The van der Waals surface area contributed by atoms with Crippen LogP contribution in [0.4, 0.5) is 4.39 Å². The van der Waals surface area contributed by atoms with E-state index in [2.05, 4.69) is 10.2 Å². The van der Waals surface area contributed by atoms with Gasteiger partial charge in [-0.05, 0) is 42.5 Å². The first kappa shape index (κ1) is 16.4. The van der Waals surface area contributed by atoms with Gasteiger partial charge < -0.3 is 4.42 Å². The number of rotatable bonds is 4. The number of nitrogens with zero attached hydrogens (tertiary/aromatic N) is 3. The highest BCUT2D eigenvalue weighted by Gasteiger charge is 2.39. The van der Waals surface area contributed by atoms with Gasteiger partial charge in [0, 0.05) is 17.5 Å². The van der Waals surface area contributed by atoms with Gasteiger partial charge in [-0.15, -0.1) is 10.2 Å². The molecule has 2 aromatic heterocycles. The van der Waals surface area contributed by atoms with Crippen molar-refractivity contribution in [2.45, 2.75) is 23.8 Å². The Kier molecular flexibility index (Phi) is 4.14. The highest BCUT2D eigenvalue weighted by atomic mass is 32.2. The molecule has 25 heavy (non-hydrogen) atoms. The largest absolute Gasteiger partial charge is 0.419 e. The summed E-state index contributed by atoms with van der Waals surface area (Å²) in [6.45, 7) is 0.333. The zero-order valence-corrected chi connectivity index (χ0v) is 14.6. The molecule has 9 heteroatoms. The van der Waals surface area contributed by atoms with Crippen LogP contribution in [0.1, 0.15) is 24.8 Å². The summed E-state index contributed by atoms with van der Waals surface area (Å²) < 4.78 is 46.2. The Morgan fingerprint density at radius 2 is 2.16 bits per heavy atom. The second-order valence-electron chi connectivity index (χ2n) is 5.69. The van der Waals surface area contributed by atoms with Crippen molar-refractivity contribution in [1.82, 2.24) is 14.5 Å². The van der Waals surface area contributed by atoms with E-state index in [1.54, 1.807) is 0 Å². The third-order valence-electron chi connectivity index (χ3n) is 4.10. The minimum atomic E-state index is -3.84. The summed E-state index contributed by atoms with van der Waals surface area (Å²) in [4.78, 5) is -0.0722. The molecule has 0 saturated carbocycles. The lowest BCUT2D eigenvalue weighted by atomic mass is 10.2. The van der Waals surface area contributed by atoms with Gasteiger partial charge in [0.15, 0.2) is 0 Å². The zero-order valence-electron chi connectivity index (χ0n) is 13.0. The minimum Gasteiger partial charge on any atom is -0.419 e. The molecule has 0 amide bonds. The molecule has 3 heterocycles. The summed E-state index contributed by atoms with van der Waals surface area (Å²) in [6, 6.07) is 6.33. The van der Waals surface area contributed by atoms with Crippen molar-refractivity contribution in [2.75, 3.05) is 6.54 Å². The summed E-state index contributed by atoms with van der Waals surface area (Å²) in [6.07, 6.45) is 1.26. The number of aromatic nitrogens is 2. The molecule has 1 atom stereocenters. The molecule has 3 aromatic rings. The van der Waals surface area contributed by atoms with Crippen molar-refractivity contribution in [3.8, 4) is 11.5 Å². The molecule has 0 spiro atoms. The van der Waals surface area contributed by atoms with Crippen molar-refractivity contribution < 1.29 is 17.2 Å². The van der Waals surface area contributed by atoms with Gasteiger partial charge in [-0.3, -0.25) is 0 Å². The monoisotopic (exact) mass is 379 g/mol. The van der Waals surface area contributed by atoms with E-state index >= 15 is 0 Å². The molecule has 1 aromatic carbocycles. The van der Waals surface area contributed by atoms with Gasteiger partial charge in [0.25, 0.3) is 0 Å². The van der Waals surface area contributed by atoms with E-state index < -0.39 is 21.9 Å². The smallest absolute Gasteiger partial charge is 0.248 e. The van der Waals surface area contributed by atoms with E-state index in [0.29, 0.717) is 25.3 Å². The zero-order chi connectivity index (χ0) is 17.4. The first-order chi connectivity index (χ1) is 12.1. The standard InChI is InChI=1S/C16H14FN3O3S2/c17-12-3-1-4-13(9-12)25(21,22)20-7-2-5-14(20)16-19-18-15(23-16)11-6-8-24-10-11/h1,3-4,6,8-10,14H,2,5,7H2. The molecule has 4 rings (SSSR count).